The Balaban J connectivity index is 1.44. The molecule has 0 saturated heterocycles. The van der Waals surface area contributed by atoms with Gasteiger partial charge in [-0.2, -0.15) is 0 Å². The number of nitrogens with one attached hydrogen (secondary N) is 1. The van der Waals surface area contributed by atoms with E-state index in [0.717, 1.165) is 38.4 Å². The van der Waals surface area contributed by atoms with E-state index in [0.29, 0.717) is 12.0 Å². The third kappa shape index (κ3) is 3.10. The Bertz CT molecular complexity index is 1140. The van der Waals surface area contributed by atoms with Gasteiger partial charge in [-0.05, 0) is 37.0 Å². The van der Waals surface area contributed by atoms with Crippen LogP contribution in [0.2, 0.25) is 0 Å². The van der Waals surface area contributed by atoms with Crippen LogP contribution in [0, 0.1) is 5.92 Å². The number of benzene rings is 2. The molecule has 0 bridgehead atoms. The first-order chi connectivity index (χ1) is 13.7. The number of amides is 1. The molecule has 4 nitrogen and oxygen atoms in total. The van der Waals surface area contributed by atoms with Crippen molar-refractivity contribution < 1.29 is 4.79 Å². The van der Waals surface area contributed by atoms with Crippen LogP contribution in [0.5, 0.6) is 0 Å². The number of carbonyl (C=O) groups is 1. The standard InChI is InChI=1S/C23H23N3OS/c1-15-7-5-6-10-18(15)24-22(27)17-11-12-20-21(13-17)28-23-25-19(14-26(20)23)16-8-3-2-4-9-16/h2-4,8-9,11-15,18H,5-7,10H2,1H3,(H,24,27)/t15-,18+/m1/s1. The summed E-state index contributed by atoms with van der Waals surface area (Å²) in [7, 11) is 0. The highest BCUT2D eigenvalue weighted by Crippen LogP contribution is 2.30. The fraction of sp³-hybridized carbons (Fsp3) is 0.304. The Hall–Kier alpha value is -2.66. The highest BCUT2D eigenvalue weighted by molar-refractivity contribution is 7.23. The van der Waals surface area contributed by atoms with Gasteiger partial charge in [0.1, 0.15) is 0 Å². The first-order valence-electron chi connectivity index (χ1n) is 9.97. The number of aromatic nitrogens is 2. The smallest absolute Gasteiger partial charge is 0.251 e. The number of fused-ring (bicyclic) bond motifs is 3. The Morgan fingerprint density at radius 3 is 2.79 bits per heavy atom. The van der Waals surface area contributed by atoms with Crippen molar-refractivity contribution in [1.82, 2.24) is 14.7 Å². The molecule has 1 amide bonds. The summed E-state index contributed by atoms with van der Waals surface area (Å²) >= 11 is 1.63. The number of thiazole rings is 1. The monoisotopic (exact) mass is 389 g/mol. The largest absolute Gasteiger partial charge is 0.349 e. The molecule has 5 heteroatoms. The van der Waals surface area contributed by atoms with E-state index < -0.39 is 0 Å². The van der Waals surface area contributed by atoms with E-state index in [9.17, 15) is 4.79 Å². The van der Waals surface area contributed by atoms with Crippen molar-refractivity contribution in [3.63, 3.8) is 0 Å². The maximum atomic E-state index is 12.8. The van der Waals surface area contributed by atoms with Crippen LogP contribution in [-0.4, -0.2) is 21.3 Å². The minimum atomic E-state index is 0.0386. The Morgan fingerprint density at radius 2 is 1.96 bits per heavy atom. The van der Waals surface area contributed by atoms with Crippen LogP contribution in [0.1, 0.15) is 43.0 Å². The van der Waals surface area contributed by atoms with Crippen LogP contribution in [0.15, 0.2) is 54.7 Å². The van der Waals surface area contributed by atoms with Crippen LogP contribution in [0.4, 0.5) is 0 Å². The predicted molar refractivity (Wildman–Crippen MR) is 115 cm³/mol. The number of nitrogens with zero attached hydrogens (tertiary/aromatic N) is 2. The van der Waals surface area contributed by atoms with E-state index in [1.165, 1.54) is 19.3 Å². The van der Waals surface area contributed by atoms with E-state index >= 15 is 0 Å². The molecule has 0 aliphatic heterocycles. The van der Waals surface area contributed by atoms with Gasteiger partial charge in [-0.15, -0.1) is 0 Å². The van der Waals surface area contributed by atoms with Gasteiger partial charge in [0.05, 0.1) is 15.9 Å². The fourth-order valence-electron chi connectivity index (χ4n) is 4.17. The van der Waals surface area contributed by atoms with Crippen LogP contribution in [0.3, 0.4) is 0 Å². The second-order valence-corrected chi connectivity index (χ2v) is 8.78. The van der Waals surface area contributed by atoms with Gasteiger partial charge in [0.15, 0.2) is 4.96 Å². The van der Waals surface area contributed by atoms with Crippen molar-refractivity contribution >= 4 is 32.4 Å². The number of imidazole rings is 1. The average Bonchev–Trinajstić information content (AvgIpc) is 3.28. The summed E-state index contributed by atoms with van der Waals surface area (Å²) in [5.74, 6) is 0.597. The molecule has 142 valence electrons. The van der Waals surface area contributed by atoms with Gasteiger partial charge < -0.3 is 5.32 Å². The van der Waals surface area contributed by atoms with Crippen molar-refractivity contribution in [2.75, 3.05) is 0 Å². The lowest BCUT2D eigenvalue weighted by atomic mass is 9.86. The molecule has 2 atom stereocenters. The molecule has 2 aromatic heterocycles. The van der Waals surface area contributed by atoms with Crippen molar-refractivity contribution in [2.24, 2.45) is 5.92 Å². The van der Waals surface area contributed by atoms with E-state index in [4.69, 9.17) is 4.98 Å². The van der Waals surface area contributed by atoms with Crippen LogP contribution in [0.25, 0.3) is 26.4 Å². The second-order valence-electron chi connectivity index (χ2n) is 7.77. The SMILES string of the molecule is C[C@@H]1CCCC[C@@H]1NC(=O)c1ccc2c(c1)sc1nc(-c3ccccc3)cn12. The van der Waals surface area contributed by atoms with Crippen molar-refractivity contribution in [2.45, 2.75) is 38.6 Å². The molecule has 0 spiro atoms. The topological polar surface area (TPSA) is 46.4 Å². The molecule has 0 unspecified atom stereocenters. The maximum Gasteiger partial charge on any atom is 0.251 e. The summed E-state index contributed by atoms with van der Waals surface area (Å²) in [6.45, 7) is 2.24. The molecule has 1 aliphatic carbocycles. The summed E-state index contributed by atoms with van der Waals surface area (Å²) < 4.78 is 3.21. The van der Waals surface area contributed by atoms with Crippen molar-refractivity contribution in [3.8, 4) is 11.3 Å². The zero-order chi connectivity index (χ0) is 19.1. The van der Waals surface area contributed by atoms with Gasteiger partial charge in [0, 0.05) is 23.4 Å². The number of carbonyl (C=O) groups excluding carboxylic acids is 1. The lowest BCUT2D eigenvalue weighted by molar-refractivity contribution is 0.0910. The van der Waals surface area contributed by atoms with E-state index in [1.54, 1.807) is 11.3 Å². The van der Waals surface area contributed by atoms with Crippen molar-refractivity contribution in [1.29, 1.82) is 0 Å². The van der Waals surface area contributed by atoms with Crippen molar-refractivity contribution in [3.05, 3.63) is 60.3 Å². The summed E-state index contributed by atoms with van der Waals surface area (Å²) in [5, 5.41) is 3.25. The van der Waals surface area contributed by atoms with E-state index in [2.05, 4.69) is 35.0 Å². The number of hydrogen-bond acceptors (Lipinski definition) is 3. The third-order valence-corrected chi connectivity index (χ3v) is 6.87. The Labute approximate surface area is 168 Å². The summed E-state index contributed by atoms with van der Waals surface area (Å²) in [6.07, 6.45) is 6.85. The maximum absolute atomic E-state index is 12.8. The van der Waals surface area contributed by atoms with Crippen LogP contribution in [-0.2, 0) is 0 Å². The summed E-state index contributed by atoms with van der Waals surface area (Å²) in [6, 6.07) is 16.5. The molecule has 28 heavy (non-hydrogen) atoms. The number of hydrogen-bond donors (Lipinski definition) is 1. The molecule has 2 heterocycles. The molecule has 5 rings (SSSR count). The molecule has 1 N–H and O–H groups in total. The Kier molecular flexibility index (Phi) is 4.40. The summed E-state index contributed by atoms with van der Waals surface area (Å²) in [4.78, 5) is 18.5. The molecule has 0 radical (unpaired) electrons. The molecule has 2 aromatic carbocycles. The average molecular weight is 390 g/mol. The minimum Gasteiger partial charge on any atom is -0.349 e. The molecule has 1 fully saturated rings. The first-order valence-corrected chi connectivity index (χ1v) is 10.8. The zero-order valence-electron chi connectivity index (χ0n) is 15.9. The van der Waals surface area contributed by atoms with E-state index in [1.807, 2.05) is 36.4 Å². The molecular weight excluding hydrogens is 366 g/mol. The quantitative estimate of drug-likeness (QED) is 0.501. The van der Waals surface area contributed by atoms with Gasteiger partial charge >= 0.3 is 0 Å². The molecule has 4 aromatic rings. The van der Waals surface area contributed by atoms with E-state index in [-0.39, 0.29) is 5.91 Å². The lowest BCUT2D eigenvalue weighted by Crippen LogP contribution is -2.41. The molecule has 1 saturated carbocycles. The van der Waals surface area contributed by atoms with Gasteiger partial charge in [-0.1, -0.05) is 61.4 Å². The van der Waals surface area contributed by atoms with Gasteiger partial charge in [0.2, 0.25) is 0 Å². The van der Waals surface area contributed by atoms with Gasteiger partial charge in [0.25, 0.3) is 5.91 Å². The molecule has 1 aliphatic rings. The summed E-state index contributed by atoms with van der Waals surface area (Å²) in [5.41, 5.74) is 3.92. The third-order valence-electron chi connectivity index (χ3n) is 5.85. The second kappa shape index (κ2) is 7.06. The molecular formula is C23H23N3OS. The fourth-order valence-corrected chi connectivity index (χ4v) is 5.22. The number of rotatable bonds is 3. The highest BCUT2D eigenvalue weighted by Gasteiger charge is 2.23. The van der Waals surface area contributed by atoms with Crippen LogP contribution >= 0.6 is 11.3 Å². The van der Waals surface area contributed by atoms with Crippen LogP contribution < -0.4 is 5.32 Å². The predicted octanol–water partition coefficient (Wildman–Crippen LogP) is 5.52. The van der Waals surface area contributed by atoms with Gasteiger partial charge in [-0.3, -0.25) is 9.20 Å². The van der Waals surface area contributed by atoms with Gasteiger partial charge in [-0.25, -0.2) is 4.98 Å². The highest BCUT2D eigenvalue weighted by atomic mass is 32.1. The Morgan fingerprint density at radius 1 is 1.14 bits per heavy atom. The lowest BCUT2D eigenvalue weighted by Gasteiger charge is -2.29. The first kappa shape index (κ1) is 17.4. The zero-order valence-corrected chi connectivity index (χ0v) is 16.7. The normalized spacial score (nSPS) is 19.9. The minimum absolute atomic E-state index is 0.0386.